The summed E-state index contributed by atoms with van der Waals surface area (Å²) < 4.78 is 11.1. The van der Waals surface area contributed by atoms with Crippen molar-refractivity contribution in [3.8, 4) is 0 Å². The van der Waals surface area contributed by atoms with E-state index in [1.165, 1.54) is 21.9 Å². The van der Waals surface area contributed by atoms with E-state index in [0.717, 1.165) is 50.5 Å². The molecule has 4 heteroatoms. The van der Waals surface area contributed by atoms with Crippen LogP contribution in [0.3, 0.4) is 0 Å². The molecule has 0 saturated heterocycles. The molecule has 0 heterocycles. The lowest BCUT2D eigenvalue weighted by molar-refractivity contribution is -0.173. The van der Waals surface area contributed by atoms with E-state index in [0.29, 0.717) is 6.42 Å². The van der Waals surface area contributed by atoms with Crippen LogP contribution in [0.4, 0.5) is 0 Å². The molecule has 0 bridgehead atoms. The van der Waals surface area contributed by atoms with Crippen molar-refractivity contribution in [3.05, 3.63) is 47.0 Å². The molecule has 0 amide bonds. The van der Waals surface area contributed by atoms with Crippen LogP contribution in [0.2, 0.25) is 0 Å². The third-order valence-electron chi connectivity index (χ3n) is 6.86. The highest BCUT2D eigenvalue weighted by Gasteiger charge is 2.59. The van der Waals surface area contributed by atoms with Gasteiger partial charge in [-0.3, -0.25) is 9.59 Å². The topological polar surface area (TPSA) is 52.6 Å². The van der Waals surface area contributed by atoms with E-state index in [2.05, 4.69) is 44.2 Å². The fourth-order valence-electron chi connectivity index (χ4n) is 5.40. The van der Waals surface area contributed by atoms with E-state index in [1.54, 1.807) is 13.8 Å². The van der Waals surface area contributed by atoms with Gasteiger partial charge in [-0.05, 0) is 60.6 Å². The van der Waals surface area contributed by atoms with Crippen LogP contribution < -0.4 is 0 Å². The number of carbonyl (C=O) groups is 2. The summed E-state index contributed by atoms with van der Waals surface area (Å²) in [5.41, 5.74) is 2.32. The number of benzene rings is 2. The predicted molar refractivity (Wildman–Crippen MR) is 129 cm³/mol. The lowest BCUT2D eigenvalue weighted by atomic mass is 9.72. The van der Waals surface area contributed by atoms with Gasteiger partial charge < -0.3 is 9.47 Å². The molecule has 4 nitrogen and oxygen atoms in total. The van der Waals surface area contributed by atoms with Gasteiger partial charge in [0.15, 0.2) is 5.41 Å². The van der Waals surface area contributed by atoms with Gasteiger partial charge in [0, 0.05) is 12.3 Å². The third kappa shape index (κ3) is 4.42. The molecule has 1 atom stereocenters. The van der Waals surface area contributed by atoms with Gasteiger partial charge in [0.25, 0.3) is 0 Å². The average molecular weight is 439 g/mol. The van der Waals surface area contributed by atoms with Crippen molar-refractivity contribution < 1.29 is 19.1 Å². The van der Waals surface area contributed by atoms with Crippen LogP contribution in [0.1, 0.15) is 88.8 Å². The second-order valence-electron chi connectivity index (χ2n) is 8.89. The Morgan fingerprint density at radius 1 is 0.938 bits per heavy atom. The number of esters is 2. The van der Waals surface area contributed by atoms with Crippen molar-refractivity contribution in [1.29, 1.82) is 0 Å². The number of aryl methyl sites for hydroxylation is 1. The normalized spacial score (nSPS) is 16.7. The van der Waals surface area contributed by atoms with E-state index >= 15 is 0 Å². The van der Waals surface area contributed by atoms with E-state index in [4.69, 9.17) is 9.47 Å². The molecule has 2 aromatic carbocycles. The van der Waals surface area contributed by atoms with E-state index in [9.17, 15) is 9.59 Å². The Morgan fingerprint density at radius 3 is 2.22 bits per heavy atom. The monoisotopic (exact) mass is 438 g/mol. The molecule has 0 fully saturated rings. The second kappa shape index (κ2) is 11.0. The van der Waals surface area contributed by atoms with Gasteiger partial charge in [0.1, 0.15) is 0 Å². The fourth-order valence-corrected chi connectivity index (χ4v) is 5.40. The Hall–Kier alpha value is -2.36. The Bertz CT molecular complexity index is 928. The quantitative estimate of drug-likeness (QED) is 0.228. The van der Waals surface area contributed by atoms with Gasteiger partial charge in [-0.2, -0.15) is 0 Å². The molecule has 0 spiro atoms. The van der Waals surface area contributed by atoms with Crippen molar-refractivity contribution >= 4 is 22.7 Å². The first kappa shape index (κ1) is 24.3. The molecule has 0 saturated carbocycles. The van der Waals surface area contributed by atoms with Gasteiger partial charge in [-0.25, -0.2) is 0 Å². The molecule has 1 aliphatic rings. The zero-order valence-electron chi connectivity index (χ0n) is 20.2. The maximum absolute atomic E-state index is 13.5. The molecule has 0 N–H and O–H groups in total. The van der Waals surface area contributed by atoms with Crippen molar-refractivity contribution in [3.63, 3.8) is 0 Å². The zero-order valence-corrected chi connectivity index (χ0v) is 20.2. The van der Waals surface area contributed by atoms with Gasteiger partial charge in [-0.1, -0.05) is 69.9 Å². The maximum atomic E-state index is 13.5. The van der Waals surface area contributed by atoms with Crippen molar-refractivity contribution in [2.45, 2.75) is 85.0 Å². The molecule has 0 aliphatic heterocycles. The molecule has 0 aromatic heterocycles. The summed E-state index contributed by atoms with van der Waals surface area (Å²) in [5, 5.41) is 2.41. The lowest BCUT2D eigenvalue weighted by Crippen LogP contribution is -2.45. The SMILES string of the molecule is CCCCCC1c2c(cc3ccccc3c2CCCC)CC1(C(=O)OCC)C(=O)OCC. The molecule has 1 unspecified atom stereocenters. The van der Waals surface area contributed by atoms with Gasteiger partial charge in [0.2, 0.25) is 0 Å². The van der Waals surface area contributed by atoms with Crippen LogP contribution in [0, 0.1) is 5.41 Å². The van der Waals surface area contributed by atoms with Crippen LogP contribution >= 0.6 is 0 Å². The summed E-state index contributed by atoms with van der Waals surface area (Å²) in [6.07, 6.45) is 7.41. The van der Waals surface area contributed by atoms with Crippen LogP contribution in [-0.2, 0) is 31.9 Å². The Kier molecular flexibility index (Phi) is 8.33. The van der Waals surface area contributed by atoms with Crippen LogP contribution in [-0.4, -0.2) is 25.2 Å². The standard InChI is InChI=1S/C28H38O4/c1-5-9-11-17-24-25-21(19-28(24,26(29)31-7-3)27(30)32-8-4)18-20-14-12-13-16-22(20)23(25)15-10-6-2/h12-14,16,18,24H,5-11,15,17,19H2,1-4H3. The van der Waals surface area contributed by atoms with Crippen LogP contribution in [0.15, 0.2) is 30.3 Å². The number of hydrogen-bond acceptors (Lipinski definition) is 4. The second-order valence-corrected chi connectivity index (χ2v) is 8.89. The first-order chi connectivity index (χ1) is 15.5. The minimum Gasteiger partial charge on any atom is -0.465 e. The molecule has 2 aromatic rings. The Morgan fingerprint density at radius 2 is 1.59 bits per heavy atom. The van der Waals surface area contributed by atoms with Crippen molar-refractivity contribution in [2.75, 3.05) is 13.2 Å². The Labute approximate surface area is 192 Å². The predicted octanol–water partition coefficient (Wildman–Crippen LogP) is 6.52. The van der Waals surface area contributed by atoms with Crippen LogP contribution in [0.25, 0.3) is 10.8 Å². The van der Waals surface area contributed by atoms with Crippen LogP contribution in [0.5, 0.6) is 0 Å². The van der Waals surface area contributed by atoms with Gasteiger partial charge >= 0.3 is 11.9 Å². The van der Waals surface area contributed by atoms with Gasteiger partial charge in [-0.15, -0.1) is 0 Å². The first-order valence-corrected chi connectivity index (χ1v) is 12.4. The minimum atomic E-state index is -1.29. The average Bonchev–Trinajstić information content (AvgIpc) is 3.12. The highest BCUT2D eigenvalue weighted by molar-refractivity contribution is 6.03. The Balaban J connectivity index is 2.25. The first-order valence-electron chi connectivity index (χ1n) is 12.4. The molecule has 3 rings (SSSR count). The highest BCUT2D eigenvalue weighted by atomic mass is 16.6. The summed E-state index contributed by atoms with van der Waals surface area (Å²) in [5.74, 6) is -1.07. The molecular formula is C28H38O4. The smallest absolute Gasteiger partial charge is 0.324 e. The summed E-state index contributed by atoms with van der Waals surface area (Å²) in [7, 11) is 0. The van der Waals surface area contributed by atoms with E-state index in [1.807, 2.05) is 0 Å². The summed E-state index contributed by atoms with van der Waals surface area (Å²) >= 11 is 0. The van der Waals surface area contributed by atoms with E-state index in [-0.39, 0.29) is 19.1 Å². The zero-order chi connectivity index (χ0) is 23.1. The fraction of sp³-hybridized carbons (Fsp3) is 0.571. The largest absolute Gasteiger partial charge is 0.465 e. The highest BCUT2D eigenvalue weighted by Crippen LogP contribution is 2.54. The molecule has 32 heavy (non-hydrogen) atoms. The number of unbranched alkanes of at least 4 members (excludes halogenated alkanes) is 3. The molecule has 174 valence electrons. The number of fused-ring (bicyclic) bond motifs is 2. The number of hydrogen-bond donors (Lipinski definition) is 0. The van der Waals surface area contributed by atoms with Gasteiger partial charge in [0.05, 0.1) is 13.2 Å². The number of rotatable bonds is 11. The van der Waals surface area contributed by atoms with Crippen molar-refractivity contribution in [1.82, 2.24) is 0 Å². The summed E-state index contributed by atoms with van der Waals surface area (Å²) in [6.45, 7) is 8.47. The third-order valence-corrected chi connectivity index (χ3v) is 6.86. The lowest BCUT2D eigenvalue weighted by Gasteiger charge is -2.32. The summed E-state index contributed by atoms with van der Waals surface area (Å²) in [6, 6.07) is 10.6. The maximum Gasteiger partial charge on any atom is 0.324 e. The van der Waals surface area contributed by atoms with Crippen molar-refractivity contribution in [2.24, 2.45) is 5.41 Å². The van der Waals surface area contributed by atoms with E-state index < -0.39 is 17.4 Å². The number of ether oxygens (including phenoxy) is 2. The summed E-state index contributed by atoms with van der Waals surface area (Å²) in [4.78, 5) is 27.0. The number of carbonyl (C=O) groups excluding carboxylic acids is 2. The molecule has 0 radical (unpaired) electrons. The molecular weight excluding hydrogens is 400 g/mol. The molecule has 1 aliphatic carbocycles. The minimum absolute atomic E-state index is 0.210.